The first-order chi connectivity index (χ1) is 13.2. The molecule has 0 spiro atoms. The molecule has 4 rings (SSSR count). The third-order valence-electron chi connectivity index (χ3n) is 7.82. The monoisotopic (exact) mass is 384 g/mol. The van der Waals surface area contributed by atoms with Gasteiger partial charge in [-0.3, -0.25) is 4.79 Å². The van der Waals surface area contributed by atoms with Crippen molar-refractivity contribution in [3.05, 3.63) is 47.8 Å². The van der Waals surface area contributed by atoms with Crippen LogP contribution in [0.3, 0.4) is 0 Å². The molecule has 0 unspecified atom stereocenters. The standard InChI is InChI=1S/C24H32O4/c1-15-5-9-20-23(2,3)21(25)11-12-24(20,4)18(15)14-27-17-8-6-16-7-10-22(26)28-19(16)13-17/h6-8,13,18-21,25H,1,5,9-12,14H2,2-4H3/t18-,19+,20-,21-,24-/m1/s1. The molecule has 4 aliphatic rings. The molecular weight excluding hydrogens is 352 g/mol. The van der Waals surface area contributed by atoms with Crippen LogP contribution in [-0.2, 0) is 14.3 Å². The van der Waals surface area contributed by atoms with Crippen molar-refractivity contribution in [2.45, 2.75) is 65.1 Å². The minimum atomic E-state index is -0.331. The molecule has 4 heteroatoms. The molecule has 0 aromatic carbocycles. The van der Waals surface area contributed by atoms with E-state index < -0.39 is 0 Å². The number of ether oxygens (including phenoxy) is 2. The van der Waals surface area contributed by atoms with Crippen molar-refractivity contribution in [2.24, 2.45) is 22.7 Å². The van der Waals surface area contributed by atoms with E-state index in [9.17, 15) is 9.90 Å². The van der Waals surface area contributed by atoms with Crippen molar-refractivity contribution >= 4 is 5.97 Å². The van der Waals surface area contributed by atoms with Gasteiger partial charge in [0.2, 0.25) is 0 Å². The zero-order chi connectivity index (χ0) is 20.1. The van der Waals surface area contributed by atoms with Crippen LogP contribution < -0.4 is 0 Å². The van der Waals surface area contributed by atoms with Crippen LogP contribution in [0, 0.1) is 22.7 Å². The number of aliphatic hydroxyl groups is 1. The van der Waals surface area contributed by atoms with E-state index in [1.807, 2.05) is 24.3 Å². The van der Waals surface area contributed by atoms with Gasteiger partial charge in [-0.25, -0.2) is 0 Å². The molecular formula is C24H32O4. The van der Waals surface area contributed by atoms with Gasteiger partial charge in [-0.15, -0.1) is 0 Å². The van der Waals surface area contributed by atoms with Crippen LogP contribution in [0.25, 0.3) is 0 Å². The van der Waals surface area contributed by atoms with E-state index in [4.69, 9.17) is 9.47 Å². The number of carbonyl (C=O) groups excluding carboxylic acids is 1. The predicted molar refractivity (Wildman–Crippen MR) is 108 cm³/mol. The average Bonchev–Trinajstić information content (AvgIpc) is 2.64. The summed E-state index contributed by atoms with van der Waals surface area (Å²) in [6.07, 6.45) is 11.4. The SMILES string of the molecule is C=C1CC[C@@H]2C(C)(C)[C@H](O)CC[C@]2(C)[C@@H]1COC1=C[C@@H]2OC(=O)CC=C2C=C1. The number of allylic oxidation sites excluding steroid dienone is 1. The second-order valence-electron chi connectivity index (χ2n) is 9.72. The Kier molecular flexibility index (Phi) is 4.81. The first-order valence-electron chi connectivity index (χ1n) is 10.5. The Hall–Kier alpha value is -1.81. The van der Waals surface area contributed by atoms with Crippen LogP contribution in [0.5, 0.6) is 0 Å². The van der Waals surface area contributed by atoms with Gasteiger partial charge < -0.3 is 14.6 Å². The van der Waals surface area contributed by atoms with Crippen molar-refractivity contribution < 1.29 is 19.4 Å². The molecule has 2 fully saturated rings. The Morgan fingerprint density at radius 2 is 2.07 bits per heavy atom. The van der Waals surface area contributed by atoms with Gasteiger partial charge in [0.25, 0.3) is 0 Å². The van der Waals surface area contributed by atoms with Crippen LogP contribution in [-0.4, -0.2) is 29.9 Å². The minimum Gasteiger partial charge on any atom is -0.493 e. The van der Waals surface area contributed by atoms with Crippen molar-refractivity contribution in [3.8, 4) is 0 Å². The lowest BCUT2D eigenvalue weighted by Crippen LogP contribution is -2.55. The Balaban J connectivity index is 1.50. The van der Waals surface area contributed by atoms with Crippen LogP contribution in [0.2, 0.25) is 0 Å². The van der Waals surface area contributed by atoms with Gasteiger partial charge in [-0.2, -0.15) is 0 Å². The molecule has 0 bridgehead atoms. The summed E-state index contributed by atoms with van der Waals surface area (Å²) < 4.78 is 11.6. The molecule has 5 atom stereocenters. The van der Waals surface area contributed by atoms with E-state index in [0.717, 1.165) is 37.0 Å². The quantitative estimate of drug-likeness (QED) is 0.576. The van der Waals surface area contributed by atoms with E-state index in [2.05, 4.69) is 27.4 Å². The van der Waals surface area contributed by atoms with Gasteiger partial charge in [-0.1, -0.05) is 45.1 Å². The molecule has 0 aromatic heterocycles. The fourth-order valence-corrected chi connectivity index (χ4v) is 6.00. The highest BCUT2D eigenvalue weighted by Crippen LogP contribution is 2.60. The Morgan fingerprint density at radius 1 is 1.29 bits per heavy atom. The molecule has 3 aliphatic carbocycles. The minimum absolute atomic E-state index is 0.0827. The second kappa shape index (κ2) is 6.91. The number of hydrogen-bond acceptors (Lipinski definition) is 4. The average molecular weight is 385 g/mol. The molecule has 0 aromatic rings. The number of hydrogen-bond donors (Lipinski definition) is 1. The molecule has 0 radical (unpaired) electrons. The molecule has 1 heterocycles. The number of rotatable bonds is 3. The summed E-state index contributed by atoms with van der Waals surface area (Å²) in [7, 11) is 0. The summed E-state index contributed by atoms with van der Waals surface area (Å²) in [5, 5.41) is 10.6. The highest BCUT2D eigenvalue weighted by atomic mass is 16.5. The zero-order valence-electron chi connectivity index (χ0n) is 17.2. The Morgan fingerprint density at radius 3 is 2.86 bits per heavy atom. The molecule has 1 N–H and O–H groups in total. The van der Waals surface area contributed by atoms with E-state index in [-0.39, 0.29) is 34.9 Å². The third kappa shape index (κ3) is 3.16. The van der Waals surface area contributed by atoms with Gasteiger partial charge >= 0.3 is 5.97 Å². The van der Waals surface area contributed by atoms with E-state index in [1.165, 1.54) is 5.57 Å². The second-order valence-corrected chi connectivity index (χ2v) is 9.72. The molecule has 4 nitrogen and oxygen atoms in total. The summed E-state index contributed by atoms with van der Waals surface area (Å²) in [4.78, 5) is 11.6. The van der Waals surface area contributed by atoms with Crippen molar-refractivity contribution in [1.29, 1.82) is 0 Å². The number of aliphatic hydroxyl groups excluding tert-OH is 1. The maximum absolute atomic E-state index is 11.6. The number of fused-ring (bicyclic) bond motifs is 2. The molecule has 28 heavy (non-hydrogen) atoms. The summed E-state index contributed by atoms with van der Waals surface area (Å²) in [5.41, 5.74) is 2.27. The van der Waals surface area contributed by atoms with Crippen molar-refractivity contribution in [3.63, 3.8) is 0 Å². The molecule has 152 valence electrons. The highest BCUT2D eigenvalue weighted by molar-refractivity contribution is 5.74. The van der Waals surface area contributed by atoms with Crippen molar-refractivity contribution in [2.75, 3.05) is 6.61 Å². The van der Waals surface area contributed by atoms with Gasteiger partial charge in [0, 0.05) is 12.0 Å². The van der Waals surface area contributed by atoms with Gasteiger partial charge in [0.05, 0.1) is 19.1 Å². The predicted octanol–water partition coefficient (Wildman–Crippen LogP) is 4.47. The van der Waals surface area contributed by atoms with Gasteiger partial charge in [-0.05, 0) is 54.1 Å². The smallest absolute Gasteiger partial charge is 0.310 e. The lowest BCUT2D eigenvalue weighted by Gasteiger charge is -2.59. The first-order valence-corrected chi connectivity index (χ1v) is 10.5. The fourth-order valence-electron chi connectivity index (χ4n) is 6.00. The fraction of sp³-hybridized carbons (Fsp3) is 0.625. The largest absolute Gasteiger partial charge is 0.493 e. The normalized spacial score (nSPS) is 39.3. The maximum atomic E-state index is 11.6. The van der Waals surface area contributed by atoms with Crippen LogP contribution in [0.15, 0.2) is 47.8 Å². The summed E-state index contributed by atoms with van der Waals surface area (Å²) >= 11 is 0. The molecule has 0 amide bonds. The van der Waals surface area contributed by atoms with Crippen LogP contribution >= 0.6 is 0 Å². The topological polar surface area (TPSA) is 55.8 Å². The summed E-state index contributed by atoms with van der Waals surface area (Å²) in [6, 6.07) is 0. The Labute approximate surface area is 168 Å². The van der Waals surface area contributed by atoms with Gasteiger partial charge in [0.15, 0.2) is 0 Å². The van der Waals surface area contributed by atoms with E-state index >= 15 is 0 Å². The molecule has 0 saturated heterocycles. The van der Waals surface area contributed by atoms with E-state index in [1.54, 1.807) is 0 Å². The van der Waals surface area contributed by atoms with Crippen LogP contribution in [0.4, 0.5) is 0 Å². The lowest BCUT2D eigenvalue weighted by molar-refractivity contribution is -0.145. The molecule has 2 saturated carbocycles. The van der Waals surface area contributed by atoms with Crippen LogP contribution in [0.1, 0.15) is 52.9 Å². The zero-order valence-corrected chi connectivity index (χ0v) is 17.2. The van der Waals surface area contributed by atoms with Gasteiger partial charge in [0.1, 0.15) is 11.9 Å². The van der Waals surface area contributed by atoms with Crippen molar-refractivity contribution in [1.82, 2.24) is 0 Å². The highest BCUT2D eigenvalue weighted by Gasteiger charge is 2.56. The Bertz CT molecular complexity index is 771. The van der Waals surface area contributed by atoms with E-state index in [0.29, 0.717) is 18.9 Å². The lowest BCUT2D eigenvalue weighted by atomic mass is 9.47. The maximum Gasteiger partial charge on any atom is 0.310 e. The number of esters is 1. The summed E-state index contributed by atoms with van der Waals surface area (Å²) in [6.45, 7) is 11.7. The number of carbonyl (C=O) groups is 1. The first kappa shape index (κ1) is 19.5. The third-order valence-corrected chi connectivity index (χ3v) is 7.82. The molecule has 1 aliphatic heterocycles. The summed E-state index contributed by atoms with van der Waals surface area (Å²) in [5.74, 6) is 1.27.